The summed E-state index contributed by atoms with van der Waals surface area (Å²) in [5, 5.41) is 0. The summed E-state index contributed by atoms with van der Waals surface area (Å²) < 4.78 is 23.3. The second-order valence-corrected chi connectivity index (χ2v) is 10.8. The van der Waals surface area contributed by atoms with Gasteiger partial charge < -0.3 is 18.9 Å². The number of hydrogen-bond donors (Lipinski definition) is 0. The Labute approximate surface area is 213 Å². The lowest BCUT2D eigenvalue weighted by Crippen LogP contribution is -2.57. The van der Waals surface area contributed by atoms with E-state index < -0.39 is 53.7 Å². The first-order valence-electron chi connectivity index (χ1n) is 12.9. The van der Waals surface area contributed by atoms with E-state index >= 15 is 0 Å². The summed E-state index contributed by atoms with van der Waals surface area (Å²) >= 11 is 0. The third kappa shape index (κ3) is 5.58. The zero-order valence-corrected chi connectivity index (χ0v) is 22.5. The number of epoxide rings is 1. The molecule has 0 bridgehead atoms. The summed E-state index contributed by atoms with van der Waals surface area (Å²) in [5.41, 5.74) is 0.721. The van der Waals surface area contributed by atoms with Crippen LogP contribution in [0.5, 0.6) is 0 Å². The molecule has 0 unspecified atom stereocenters. The van der Waals surface area contributed by atoms with Gasteiger partial charge in [0, 0.05) is 25.3 Å². The number of carbonyl (C=O) groups excluding carboxylic acids is 4. The molecule has 3 rings (SSSR count). The minimum atomic E-state index is -0.909. The van der Waals surface area contributed by atoms with Crippen molar-refractivity contribution in [2.45, 2.75) is 91.6 Å². The molecule has 3 aliphatic rings. The fourth-order valence-corrected chi connectivity index (χ4v) is 5.76. The van der Waals surface area contributed by atoms with E-state index in [2.05, 4.69) is 6.58 Å². The Morgan fingerprint density at radius 3 is 2.36 bits per heavy atom. The van der Waals surface area contributed by atoms with Crippen molar-refractivity contribution in [2.24, 2.45) is 29.6 Å². The predicted molar refractivity (Wildman–Crippen MR) is 132 cm³/mol. The molecule has 0 aromatic heterocycles. The van der Waals surface area contributed by atoms with Crippen LogP contribution < -0.4 is 0 Å². The first-order chi connectivity index (χ1) is 16.8. The maximum Gasteiger partial charge on any atom is 0.331 e. The maximum atomic E-state index is 13.3. The minimum Gasteiger partial charge on any atom is -0.462 e. The van der Waals surface area contributed by atoms with Gasteiger partial charge in [0.25, 0.3) is 0 Å². The number of carbonyl (C=O) groups is 4. The minimum absolute atomic E-state index is 0.0464. The van der Waals surface area contributed by atoms with Gasteiger partial charge in [-0.25, -0.2) is 4.79 Å². The van der Waals surface area contributed by atoms with Crippen LogP contribution in [0.1, 0.15) is 67.7 Å². The molecule has 0 amide bonds. The molecule has 1 aliphatic heterocycles. The van der Waals surface area contributed by atoms with Gasteiger partial charge in [-0.2, -0.15) is 0 Å². The Morgan fingerprint density at radius 1 is 1.19 bits per heavy atom. The van der Waals surface area contributed by atoms with Crippen molar-refractivity contribution in [3.63, 3.8) is 0 Å². The summed E-state index contributed by atoms with van der Waals surface area (Å²) in [6.45, 7) is 17.1. The molecular weight excluding hydrogens is 464 g/mol. The van der Waals surface area contributed by atoms with Gasteiger partial charge in [0.05, 0.1) is 24.0 Å². The van der Waals surface area contributed by atoms with Gasteiger partial charge in [0.1, 0.15) is 18.0 Å². The zero-order valence-electron chi connectivity index (χ0n) is 22.5. The third-order valence-electron chi connectivity index (χ3n) is 8.18. The number of hydrogen-bond acceptors (Lipinski definition) is 8. The molecule has 1 heterocycles. The molecule has 0 N–H and O–H groups in total. The lowest BCUT2D eigenvalue weighted by Gasteiger charge is -2.48. The van der Waals surface area contributed by atoms with Crippen LogP contribution in [0.3, 0.4) is 0 Å². The van der Waals surface area contributed by atoms with Crippen molar-refractivity contribution in [3.05, 3.63) is 23.8 Å². The van der Waals surface area contributed by atoms with Crippen LogP contribution in [-0.4, -0.2) is 54.2 Å². The molecule has 0 spiro atoms. The Hall–Kier alpha value is -2.48. The topological polar surface area (TPSA) is 109 Å². The fourth-order valence-electron chi connectivity index (χ4n) is 5.76. The zero-order chi connectivity index (χ0) is 26.9. The molecule has 0 radical (unpaired) electrons. The number of ketones is 1. The van der Waals surface area contributed by atoms with Crippen molar-refractivity contribution in [3.8, 4) is 0 Å². The normalized spacial score (nSPS) is 35.5. The van der Waals surface area contributed by atoms with E-state index in [1.165, 1.54) is 13.0 Å². The summed E-state index contributed by atoms with van der Waals surface area (Å²) in [6.07, 6.45) is 0.440. The van der Waals surface area contributed by atoms with Crippen molar-refractivity contribution in [1.82, 2.24) is 0 Å². The van der Waals surface area contributed by atoms with Crippen LogP contribution in [0.15, 0.2) is 23.8 Å². The molecule has 0 aromatic rings. The molecule has 36 heavy (non-hydrogen) atoms. The second-order valence-electron chi connectivity index (χ2n) is 10.8. The average Bonchev–Trinajstić information content (AvgIpc) is 3.44. The van der Waals surface area contributed by atoms with Gasteiger partial charge in [0.15, 0.2) is 6.10 Å². The second kappa shape index (κ2) is 10.9. The van der Waals surface area contributed by atoms with E-state index in [4.69, 9.17) is 18.9 Å². The molecule has 8 heteroatoms. The van der Waals surface area contributed by atoms with Crippen molar-refractivity contribution < 1.29 is 38.1 Å². The maximum absolute atomic E-state index is 13.3. The smallest absolute Gasteiger partial charge is 0.331 e. The third-order valence-corrected chi connectivity index (χ3v) is 8.18. The van der Waals surface area contributed by atoms with Crippen LogP contribution in [0.4, 0.5) is 0 Å². The molecular formula is C28H40O8. The molecule has 9 atom stereocenters. The first kappa shape index (κ1) is 28.1. The van der Waals surface area contributed by atoms with E-state index in [0.717, 1.165) is 5.57 Å². The van der Waals surface area contributed by atoms with Crippen LogP contribution in [0.2, 0.25) is 0 Å². The lowest BCUT2D eigenvalue weighted by molar-refractivity contribution is -0.182. The van der Waals surface area contributed by atoms with Gasteiger partial charge in [-0.15, -0.1) is 0 Å². The van der Waals surface area contributed by atoms with Crippen LogP contribution >= 0.6 is 0 Å². The highest BCUT2D eigenvalue weighted by molar-refractivity contribution is 5.86. The molecule has 3 fully saturated rings. The quantitative estimate of drug-likeness (QED) is 0.153. The molecule has 2 saturated carbocycles. The molecule has 200 valence electrons. The molecule has 8 nitrogen and oxygen atoms in total. The number of ether oxygens (including phenoxy) is 4. The SMILES string of the molecule is C=C1[C@H]2CC(=O)[C@@H]([C@H](C)OC(C)=O)[C@@H]2[C@@H]([C@@]2(C)CO2)[C@H](OC(=O)/C=C(/C)CC)[C@@H]1OC(=O)[C@H](C)CC. The summed E-state index contributed by atoms with van der Waals surface area (Å²) in [4.78, 5) is 50.9. The first-order valence-corrected chi connectivity index (χ1v) is 12.9. The lowest BCUT2D eigenvalue weighted by atomic mass is 9.61. The van der Waals surface area contributed by atoms with Crippen LogP contribution in [0.25, 0.3) is 0 Å². The van der Waals surface area contributed by atoms with Gasteiger partial charge in [-0.3, -0.25) is 14.4 Å². The van der Waals surface area contributed by atoms with E-state index in [1.807, 2.05) is 27.7 Å². The van der Waals surface area contributed by atoms with Gasteiger partial charge in [-0.05, 0) is 51.0 Å². The average molecular weight is 505 g/mol. The monoisotopic (exact) mass is 504 g/mol. The number of Topliss-reactive ketones (excluding diaryl/α,β-unsaturated/α-hetero) is 1. The van der Waals surface area contributed by atoms with Crippen molar-refractivity contribution in [1.29, 1.82) is 0 Å². The highest BCUT2D eigenvalue weighted by Crippen LogP contribution is 2.58. The van der Waals surface area contributed by atoms with Crippen LogP contribution in [0, 0.1) is 29.6 Å². The predicted octanol–water partition coefficient (Wildman–Crippen LogP) is 3.96. The number of rotatable bonds is 9. The highest BCUT2D eigenvalue weighted by Gasteiger charge is 2.67. The Morgan fingerprint density at radius 2 is 1.83 bits per heavy atom. The number of fused-ring (bicyclic) bond motifs is 1. The van der Waals surface area contributed by atoms with E-state index in [0.29, 0.717) is 25.0 Å². The Bertz CT molecular complexity index is 945. The molecule has 1 saturated heterocycles. The standard InChI is InChI=1S/C28H40O8/c1-9-14(3)11-21(31)35-26-24(28(8)13-33-28)23-19(12-20(30)22(23)17(6)34-18(7)29)16(5)25(26)36-27(32)15(4)10-2/h11,15,17,19,22-26H,5,9-10,12-13H2,1-4,6-8H3/b14-11-/t15-,17+,19-,22-,23-,24-,25-,26+,28-/m1/s1. The van der Waals surface area contributed by atoms with Gasteiger partial charge >= 0.3 is 17.9 Å². The summed E-state index contributed by atoms with van der Waals surface area (Å²) in [5.74, 6) is -3.54. The van der Waals surface area contributed by atoms with E-state index in [9.17, 15) is 19.2 Å². The Kier molecular flexibility index (Phi) is 8.48. The fraction of sp³-hybridized carbons (Fsp3) is 0.714. The number of allylic oxidation sites excluding steroid dienone is 1. The largest absolute Gasteiger partial charge is 0.462 e. The number of esters is 3. The van der Waals surface area contributed by atoms with Gasteiger partial charge in [0.2, 0.25) is 0 Å². The molecule has 2 aliphatic carbocycles. The summed E-state index contributed by atoms with van der Waals surface area (Å²) in [6, 6.07) is 0. The Balaban J connectivity index is 2.08. The van der Waals surface area contributed by atoms with E-state index in [-0.39, 0.29) is 30.0 Å². The van der Waals surface area contributed by atoms with E-state index in [1.54, 1.807) is 13.8 Å². The summed E-state index contributed by atoms with van der Waals surface area (Å²) in [7, 11) is 0. The van der Waals surface area contributed by atoms with Crippen molar-refractivity contribution >= 4 is 23.7 Å². The molecule has 0 aromatic carbocycles. The highest BCUT2D eigenvalue weighted by atomic mass is 16.6. The van der Waals surface area contributed by atoms with Crippen LogP contribution in [-0.2, 0) is 38.1 Å². The van der Waals surface area contributed by atoms with Crippen molar-refractivity contribution in [2.75, 3.05) is 6.61 Å². The van der Waals surface area contributed by atoms with Gasteiger partial charge in [-0.1, -0.05) is 32.9 Å².